The molecule has 2 N–H and O–H groups in total. The molecule has 2 amide bonds. The fourth-order valence-corrected chi connectivity index (χ4v) is 3.17. The Hall–Kier alpha value is -3.41. The number of rotatable bonds is 8. The monoisotopic (exact) mass is 390 g/mol. The number of para-hydroxylation sites is 1. The van der Waals surface area contributed by atoms with E-state index >= 15 is 0 Å². The highest BCUT2D eigenvalue weighted by Gasteiger charge is 2.13. The Balaban J connectivity index is 1.45. The second-order valence-electron chi connectivity index (χ2n) is 6.90. The summed E-state index contributed by atoms with van der Waals surface area (Å²) in [6.45, 7) is 4.87. The molecule has 29 heavy (non-hydrogen) atoms. The van der Waals surface area contributed by atoms with Gasteiger partial charge >= 0.3 is 0 Å². The number of carbonyl (C=O) groups excluding carboxylic acids is 2. The van der Waals surface area contributed by atoms with E-state index in [1.807, 2.05) is 67.1 Å². The molecule has 0 spiro atoms. The van der Waals surface area contributed by atoms with Gasteiger partial charge in [0.2, 0.25) is 5.91 Å². The lowest BCUT2D eigenvalue weighted by molar-refractivity contribution is -0.121. The molecule has 0 saturated heterocycles. The largest absolute Gasteiger partial charge is 0.352 e. The molecule has 0 bridgehead atoms. The summed E-state index contributed by atoms with van der Waals surface area (Å²) >= 11 is 0. The lowest BCUT2D eigenvalue weighted by Gasteiger charge is -2.08. The first-order valence-electron chi connectivity index (χ1n) is 9.76. The maximum Gasteiger partial charge on any atom is 0.251 e. The van der Waals surface area contributed by atoms with Gasteiger partial charge in [-0.3, -0.25) is 9.59 Å². The van der Waals surface area contributed by atoms with Crippen LogP contribution in [0, 0.1) is 13.8 Å². The first-order valence-corrected chi connectivity index (χ1v) is 9.76. The first-order chi connectivity index (χ1) is 14.1. The van der Waals surface area contributed by atoms with Crippen molar-refractivity contribution in [2.45, 2.75) is 33.2 Å². The molecule has 0 radical (unpaired) electrons. The molecular formula is C23H26N4O2. The van der Waals surface area contributed by atoms with Crippen molar-refractivity contribution in [3.05, 3.63) is 83.2 Å². The summed E-state index contributed by atoms with van der Waals surface area (Å²) in [6, 6.07) is 19.0. The molecule has 6 heteroatoms. The lowest BCUT2D eigenvalue weighted by Crippen LogP contribution is -2.27. The van der Waals surface area contributed by atoms with Crippen molar-refractivity contribution < 1.29 is 9.59 Å². The van der Waals surface area contributed by atoms with Crippen LogP contribution in [0.4, 0.5) is 0 Å². The van der Waals surface area contributed by atoms with Crippen molar-refractivity contribution in [1.82, 2.24) is 20.4 Å². The van der Waals surface area contributed by atoms with Crippen LogP contribution in [-0.4, -0.2) is 28.1 Å². The summed E-state index contributed by atoms with van der Waals surface area (Å²) in [6.07, 6.45) is 0.950. The number of nitrogens with one attached hydrogen (secondary N) is 2. The first kappa shape index (κ1) is 20.3. The van der Waals surface area contributed by atoms with Gasteiger partial charge in [0.1, 0.15) is 0 Å². The van der Waals surface area contributed by atoms with E-state index in [9.17, 15) is 9.59 Å². The van der Waals surface area contributed by atoms with E-state index < -0.39 is 0 Å². The van der Waals surface area contributed by atoms with Crippen LogP contribution in [-0.2, 0) is 11.3 Å². The van der Waals surface area contributed by atoms with Crippen LogP contribution in [0.2, 0.25) is 0 Å². The number of carbonyl (C=O) groups is 2. The minimum absolute atomic E-state index is 0.0368. The molecule has 0 aliphatic carbocycles. The highest BCUT2D eigenvalue weighted by atomic mass is 16.2. The Morgan fingerprint density at radius 1 is 0.931 bits per heavy atom. The maximum absolute atomic E-state index is 12.2. The molecule has 150 valence electrons. The molecule has 3 aromatic rings. The Labute approximate surface area is 170 Å². The van der Waals surface area contributed by atoms with Crippen molar-refractivity contribution >= 4 is 11.8 Å². The number of hydrogen-bond acceptors (Lipinski definition) is 3. The van der Waals surface area contributed by atoms with E-state index in [0.717, 1.165) is 22.6 Å². The van der Waals surface area contributed by atoms with Gasteiger partial charge in [-0.15, -0.1) is 0 Å². The zero-order valence-corrected chi connectivity index (χ0v) is 16.8. The Morgan fingerprint density at radius 3 is 2.28 bits per heavy atom. The summed E-state index contributed by atoms with van der Waals surface area (Å²) in [7, 11) is 0. The van der Waals surface area contributed by atoms with Gasteiger partial charge in [0.05, 0.1) is 11.4 Å². The van der Waals surface area contributed by atoms with Gasteiger partial charge in [0, 0.05) is 36.3 Å². The number of nitrogens with zero attached hydrogens (tertiary/aromatic N) is 2. The summed E-state index contributed by atoms with van der Waals surface area (Å²) in [5.41, 5.74) is 4.57. The van der Waals surface area contributed by atoms with Crippen molar-refractivity contribution in [3.8, 4) is 5.69 Å². The van der Waals surface area contributed by atoms with Gasteiger partial charge < -0.3 is 10.6 Å². The molecule has 0 fully saturated rings. The fourth-order valence-electron chi connectivity index (χ4n) is 3.17. The molecule has 0 aliphatic heterocycles. The molecule has 2 aromatic carbocycles. The Bertz CT molecular complexity index is 965. The van der Waals surface area contributed by atoms with Crippen molar-refractivity contribution in [1.29, 1.82) is 0 Å². The Kier molecular flexibility index (Phi) is 6.79. The van der Waals surface area contributed by atoms with Crippen molar-refractivity contribution in [2.75, 3.05) is 6.54 Å². The van der Waals surface area contributed by atoms with Crippen LogP contribution in [0.3, 0.4) is 0 Å². The summed E-state index contributed by atoms with van der Waals surface area (Å²) < 4.78 is 1.90. The van der Waals surface area contributed by atoms with E-state index in [1.54, 1.807) is 12.1 Å². The molecule has 1 heterocycles. The van der Waals surface area contributed by atoms with Crippen molar-refractivity contribution in [2.24, 2.45) is 0 Å². The van der Waals surface area contributed by atoms with Gasteiger partial charge in [0.15, 0.2) is 0 Å². The van der Waals surface area contributed by atoms with Gasteiger partial charge in [-0.1, -0.05) is 36.4 Å². The predicted molar refractivity (Wildman–Crippen MR) is 113 cm³/mol. The van der Waals surface area contributed by atoms with Gasteiger partial charge in [0.25, 0.3) is 5.91 Å². The molecule has 0 atom stereocenters. The number of aromatic nitrogens is 2. The minimum Gasteiger partial charge on any atom is -0.352 e. The predicted octanol–water partition coefficient (Wildman–Crippen LogP) is 3.32. The molecule has 1 aromatic heterocycles. The molecule has 0 unspecified atom stereocenters. The smallest absolute Gasteiger partial charge is 0.251 e. The SMILES string of the molecule is Cc1nn(-c2ccccc2)c(C)c1CNC(=O)CCCNC(=O)c1ccccc1. The number of aryl methyl sites for hydroxylation is 1. The fraction of sp³-hybridized carbons (Fsp3) is 0.261. The highest BCUT2D eigenvalue weighted by Crippen LogP contribution is 2.17. The third kappa shape index (κ3) is 5.31. The minimum atomic E-state index is -0.120. The average molecular weight is 390 g/mol. The summed E-state index contributed by atoms with van der Waals surface area (Å²) in [4.78, 5) is 24.2. The standard InChI is InChI=1S/C23H26N4O2/c1-17-21(18(2)27(26-17)20-12-7-4-8-13-20)16-25-22(28)14-9-15-24-23(29)19-10-5-3-6-11-19/h3-8,10-13H,9,14-16H2,1-2H3,(H,24,29)(H,25,28). The van der Waals surface area contributed by atoms with Gasteiger partial charge in [-0.05, 0) is 44.5 Å². The third-order valence-electron chi connectivity index (χ3n) is 4.81. The van der Waals surface area contributed by atoms with E-state index in [1.165, 1.54) is 0 Å². The quantitative estimate of drug-likeness (QED) is 0.580. The lowest BCUT2D eigenvalue weighted by atomic mass is 10.2. The maximum atomic E-state index is 12.2. The van der Waals surface area contributed by atoms with Crippen LogP contribution in [0.15, 0.2) is 60.7 Å². The van der Waals surface area contributed by atoms with Gasteiger partial charge in [-0.25, -0.2) is 4.68 Å². The zero-order chi connectivity index (χ0) is 20.6. The number of hydrogen-bond donors (Lipinski definition) is 2. The average Bonchev–Trinajstić information content (AvgIpc) is 3.04. The van der Waals surface area contributed by atoms with Crippen LogP contribution in [0.5, 0.6) is 0 Å². The van der Waals surface area contributed by atoms with Gasteiger partial charge in [-0.2, -0.15) is 5.10 Å². The van der Waals surface area contributed by atoms with E-state index in [2.05, 4.69) is 15.7 Å². The molecular weight excluding hydrogens is 364 g/mol. The topological polar surface area (TPSA) is 76.0 Å². The second-order valence-corrected chi connectivity index (χ2v) is 6.90. The highest BCUT2D eigenvalue weighted by molar-refractivity contribution is 5.94. The number of benzene rings is 2. The van der Waals surface area contributed by atoms with Crippen molar-refractivity contribution in [3.63, 3.8) is 0 Å². The molecule has 0 aliphatic rings. The van der Waals surface area contributed by atoms with E-state index in [0.29, 0.717) is 31.5 Å². The normalized spacial score (nSPS) is 10.6. The molecule has 6 nitrogen and oxygen atoms in total. The second kappa shape index (κ2) is 9.68. The number of amides is 2. The Morgan fingerprint density at radius 2 is 1.59 bits per heavy atom. The van der Waals surface area contributed by atoms with Crippen LogP contribution >= 0.6 is 0 Å². The van der Waals surface area contributed by atoms with Crippen LogP contribution < -0.4 is 10.6 Å². The molecule has 3 rings (SSSR count). The summed E-state index contributed by atoms with van der Waals surface area (Å²) in [5, 5.41) is 10.4. The zero-order valence-electron chi connectivity index (χ0n) is 16.8. The molecule has 0 saturated carbocycles. The third-order valence-corrected chi connectivity index (χ3v) is 4.81. The van der Waals surface area contributed by atoms with Crippen LogP contribution in [0.1, 0.15) is 40.2 Å². The van der Waals surface area contributed by atoms with E-state index in [-0.39, 0.29) is 11.8 Å². The van der Waals surface area contributed by atoms with E-state index in [4.69, 9.17) is 0 Å². The van der Waals surface area contributed by atoms with Crippen LogP contribution in [0.25, 0.3) is 5.69 Å². The summed E-state index contributed by atoms with van der Waals surface area (Å²) in [5.74, 6) is -0.157.